The van der Waals surface area contributed by atoms with Crippen molar-refractivity contribution >= 4 is 5.82 Å². The molecule has 166 valence electrons. The number of benzene rings is 1. The Morgan fingerprint density at radius 3 is 2.59 bits per heavy atom. The fourth-order valence-corrected chi connectivity index (χ4v) is 5.15. The van der Waals surface area contributed by atoms with Gasteiger partial charge in [0.1, 0.15) is 11.9 Å². The summed E-state index contributed by atoms with van der Waals surface area (Å²) in [7, 11) is 5.44. The van der Waals surface area contributed by atoms with Crippen LogP contribution in [0.3, 0.4) is 0 Å². The summed E-state index contributed by atoms with van der Waals surface area (Å²) in [5.74, 6) is 1.55. The molecule has 1 saturated heterocycles. The molecule has 1 N–H and O–H groups in total. The molecule has 0 radical (unpaired) electrons. The predicted octanol–water partition coefficient (Wildman–Crippen LogP) is 3.40. The van der Waals surface area contributed by atoms with Gasteiger partial charge in [-0.2, -0.15) is 0 Å². The Labute approximate surface area is 186 Å². The van der Waals surface area contributed by atoms with Gasteiger partial charge in [-0.3, -0.25) is 0 Å². The third kappa shape index (κ3) is 3.44. The van der Waals surface area contributed by atoms with Crippen molar-refractivity contribution in [2.24, 2.45) is 5.92 Å². The number of fused-ring (bicyclic) bond motifs is 2. The molecule has 2 unspecified atom stereocenters. The number of pyridine rings is 1. The van der Waals surface area contributed by atoms with Crippen LogP contribution in [0.4, 0.5) is 10.2 Å². The third-order valence-electron chi connectivity index (χ3n) is 6.82. The van der Waals surface area contributed by atoms with Gasteiger partial charge in [-0.25, -0.2) is 9.37 Å². The van der Waals surface area contributed by atoms with E-state index in [0.29, 0.717) is 28.9 Å². The maximum absolute atomic E-state index is 14.9. The van der Waals surface area contributed by atoms with Gasteiger partial charge in [0.05, 0.1) is 18.8 Å². The summed E-state index contributed by atoms with van der Waals surface area (Å²) in [5.41, 5.74) is 2.87. The highest BCUT2D eigenvalue weighted by molar-refractivity contribution is 5.74. The third-order valence-corrected chi connectivity index (χ3v) is 6.82. The number of hydrogen-bond acceptors (Lipinski definition) is 7. The molecule has 2 fully saturated rings. The van der Waals surface area contributed by atoms with Crippen LogP contribution in [0, 0.1) is 5.92 Å². The number of piperidine rings is 1. The summed E-state index contributed by atoms with van der Waals surface area (Å²) in [6.07, 6.45) is 1.66. The maximum Gasteiger partial charge on any atom is 0.213 e. The van der Waals surface area contributed by atoms with E-state index in [0.717, 1.165) is 24.1 Å². The molecule has 0 spiro atoms. The fraction of sp³-hybridized carbons (Fsp3) is 0.375. The molecule has 0 amide bonds. The van der Waals surface area contributed by atoms with Gasteiger partial charge < -0.3 is 19.6 Å². The van der Waals surface area contributed by atoms with E-state index in [1.807, 2.05) is 55.4 Å². The number of likely N-dealkylation sites (tertiary alicyclic amines) is 1. The smallest absolute Gasteiger partial charge is 0.213 e. The minimum atomic E-state index is -0.895. The first-order valence-corrected chi connectivity index (χ1v) is 10.7. The Morgan fingerprint density at radius 2 is 1.94 bits per heavy atom. The van der Waals surface area contributed by atoms with Crippen molar-refractivity contribution in [3.8, 4) is 34.0 Å². The summed E-state index contributed by atoms with van der Waals surface area (Å²) in [5, 5.41) is 19.3. The second-order valence-electron chi connectivity index (χ2n) is 8.64. The first-order valence-electron chi connectivity index (χ1n) is 10.7. The van der Waals surface area contributed by atoms with Crippen molar-refractivity contribution < 1.29 is 14.2 Å². The minimum Gasteiger partial charge on any atom is -0.507 e. The van der Waals surface area contributed by atoms with Gasteiger partial charge in [0.2, 0.25) is 5.88 Å². The van der Waals surface area contributed by atoms with Crippen LogP contribution in [-0.2, 0) is 0 Å². The molecule has 7 nitrogen and oxygen atoms in total. The van der Waals surface area contributed by atoms with E-state index in [-0.39, 0.29) is 17.8 Å². The molecule has 3 heterocycles. The second kappa shape index (κ2) is 8.02. The van der Waals surface area contributed by atoms with E-state index in [1.54, 1.807) is 19.4 Å². The Bertz CT molecular complexity index is 1120. The monoisotopic (exact) mass is 435 g/mol. The molecule has 1 saturated carbocycles. The number of phenols is 1. The molecule has 4 atom stereocenters. The predicted molar refractivity (Wildman–Crippen MR) is 121 cm³/mol. The first-order chi connectivity index (χ1) is 15.5. The largest absolute Gasteiger partial charge is 0.507 e. The SMILES string of the molecule is COc1cc(-c2ccc(-c3ccc(N(C)[C@H]4C5CC([C@@H]4F)N(C)C5)nn3)c(O)c2)ccn1. The minimum absolute atomic E-state index is 0.00416. The number of rotatable bonds is 5. The number of hydrogen-bond donors (Lipinski definition) is 1. The van der Waals surface area contributed by atoms with Crippen LogP contribution in [0.2, 0.25) is 0 Å². The van der Waals surface area contributed by atoms with Gasteiger partial charge in [-0.1, -0.05) is 6.07 Å². The Hall–Kier alpha value is -3.26. The van der Waals surface area contributed by atoms with Crippen molar-refractivity contribution in [3.63, 3.8) is 0 Å². The number of halogens is 1. The Morgan fingerprint density at radius 1 is 1.12 bits per heavy atom. The van der Waals surface area contributed by atoms with Crippen molar-refractivity contribution in [1.82, 2.24) is 20.1 Å². The lowest BCUT2D eigenvalue weighted by molar-refractivity contribution is 0.126. The quantitative estimate of drug-likeness (QED) is 0.658. The molecular weight excluding hydrogens is 409 g/mol. The lowest BCUT2D eigenvalue weighted by atomic mass is 10.00. The molecular formula is C24H26FN5O2. The zero-order valence-electron chi connectivity index (χ0n) is 18.3. The molecule has 2 aromatic heterocycles. The number of methoxy groups -OCH3 is 1. The molecule has 3 aromatic rings. The molecule has 2 bridgehead atoms. The van der Waals surface area contributed by atoms with Crippen LogP contribution >= 0.6 is 0 Å². The maximum atomic E-state index is 14.9. The van der Waals surface area contributed by atoms with Crippen molar-refractivity contribution in [3.05, 3.63) is 48.7 Å². The molecule has 1 aromatic carbocycles. The topological polar surface area (TPSA) is 74.6 Å². The summed E-state index contributed by atoms with van der Waals surface area (Å²) < 4.78 is 20.1. The molecule has 5 rings (SSSR count). The first kappa shape index (κ1) is 20.6. The summed E-state index contributed by atoms with van der Waals surface area (Å²) in [6.45, 7) is 0.912. The number of aromatic nitrogens is 3. The number of aromatic hydroxyl groups is 1. The van der Waals surface area contributed by atoms with Crippen LogP contribution < -0.4 is 9.64 Å². The lowest BCUT2D eigenvalue weighted by Crippen LogP contribution is -2.51. The summed E-state index contributed by atoms with van der Waals surface area (Å²) in [6, 6.07) is 12.5. The van der Waals surface area contributed by atoms with Crippen molar-refractivity contribution in [1.29, 1.82) is 0 Å². The molecule has 1 aliphatic carbocycles. The van der Waals surface area contributed by atoms with E-state index in [9.17, 15) is 9.50 Å². The van der Waals surface area contributed by atoms with Crippen LogP contribution in [0.5, 0.6) is 11.6 Å². The highest BCUT2D eigenvalue weighted by atomic mass is 19.1. The Balaban J connectivity index is 1.36. The fourth-order valence-electron chi connectivity index (χ4n) is 5.15. The summed E-state index contributed by atoms with van der Waals surface area (Å²) in [4.78, 5) is 8.14. The van der Waals surface area contributed by atoms with E-state index < -0.39 is 6.17 Å². The van der Waals surface area contributed by atoms with Crippen LogP contribution in [0.25, 0.3) is 22.4 Å². The lowest BCUT2D eigenvalue weighted by Gasteiger charge is -2.37. The number of anilines is 1. The molecule has 1 aliphatic heterocycles. The van der Waals surface area contributed by atoms with E-state index in [1.165, 1.54) is 0 Å². The standard InChI is InChI=1S/C24H26FN5O2/c1-29-13-16-10-19(29)23(25)24(16)30(2)21-7-6-18(27-28-21)17-5-4-14(11-20(17)31)15-8-9-26-22(12-15)32-3/h4-9,11-12,16,19,23-24,31H,10,13H2,1-3H3/t16?,19?,23-,24-/m0/s1. The number of alkyl halides is 1. The number of phenolic OH excluding ortho intramolecular Hbond substituents is 1. The summed E-state index contributed by atoms with van der Waals surface area (Å²) >= 11 is 0. The van der Waals surface area contributed by atoms with Gasteiger partial charge in [0, 0.05) is 37.5 Å². The van der Waals surface area contributed by atoms with Gasteiger partial charge in [0.25, 0.3) is 0 Å². The normalized spacial score (nSPS) is 24.6. The zero-order valence-corrected chi connectivity index (χ0v) is 18.3. The number of nitrogens with zero attached hydrogens (tertiary/aromatic N) is 5. The van der Waals surface area contributed by atoms with Crippen LogP contribution in [0.15, 0.2) is 48.7 Å². The number of ether oxygens (including phenoxy) is 1. The zero-order chi connectivity index (χ0) is 22.4. The highest BCUT2D eigenvalue weighted by Gasteiger charge is 2.52. The van der Waals surface area contributed by atoms with Gasteiger partial charge >= 0.3 is 0 Å². The Kier molecular flexibility index (Phi) is 5.17. The average molecular weight is 436 g/mol. The van der Waals surface area contributed by atoms with Gasteiger partial charge in [-0.15, -0.1) is 10.2 Å². The average Bonchev–Trinajstić information content (AvgIpc) is 3.35. The second-order valence-corrected chi connectivity index (χ2v) is 8.64. The van der Waals surface area contributed by atoms with Crippen LogP contribution in [-0.4, -0.2) is 71.2 Å². The van der Waals surface area contributed by atoms with E-state index in [2.05, 4.69) is 20.1 Å². The van der Waals surface area contributed by atoms with Crippen molar-refractivity contribution in [2.75, 3.05) is 32.6 Å². The molecule has 8 heteroatoms. The molecule has 32 heavy (non-hydrogen) atoms. The van der Waals surface area contributed by atoms with Crippen molar-refractivity contribution in [2.45, 2.75) is 24.7 Å². The van der Waals surface area contributed by atoms with Gasteiger partial charge in [0.15, 0.2) is 5.82 Å². The highest BCUT2D eigenvalue weighted by Crippen LogP contribution is 2.42. The van der Waals surface area contributed by atoms with E-state index >= 15 is 0 Å². The van der Waals surface area contributed by atoms with Crippen LogP contribution in [0.1, 0.15) is 6.42 Å². The molecule has 2 aliphatic rings. The van der Waals surface area contributed by atoms with E-state index in [4.69, 9.17) is 4.74 Å². The van der Waals surface area contributed by atoms with Gasteiger partial charge in [-0.05, 0) is 60.8 Å².